The van der Waals surface area contributed by atoms with Crippen molar-refractivity contribution in [2.45, 2.75) is 33.2 Å². The van der Waals surface area contributed by atoms with E-state index in [1.165, 1.54) is 6.20 Å². The predicted molar refractivity (Wildman–Crippen MR) is 79.4 cm³/mol. The summed E-state index contributed by atoms with van der Waals surface area (Å²) in [7, 11) is 0. The molecule has 0 saturated heterocycles. The highest BCUT2D eigenvalue weighted by atomic mass is 35.5. The van der Waals surface area contributed by atoms with Gasteiger partial charge in [0.05, 0.1) is 6.61 Å². The van der Waals surface area contributed by atoms with Crippen molar-refractivity contribution in [3.63, 3.8) is 0 Å². The Bertz CT molecular complexity index is 529. The first kappa shape index (κ1) is 17.2. The van der Waals surface area contributed by atoms with Gasteiger partial charge in [0.1, 0.15) is 17.9 Å². The third kappa shape index (κ3) is 5.95. The third-order valence-corrected chi connectivity index (χ3v) is 2.38. The molecular weight excluding hydrogens is 296 g/mol. The Morgan fingerprint density at radius 3 is 2.62 bits per heavy atom. The molecule has 0 spiro atoms. The fraction of sp³-hybridized carbons (Fsp3) is 0.538. The second-order valence-electron chi connectivity index (χ2n) is 5.26. The van der Waals surface area contributed by atoms with Crippen LogP contribution in [0.25, 0.3) is 0 Å². The van der Waals surface area contributed by atoms with Gasteiger partial charge in [-0.2, -0.15) is 4.98 Å². The number of ether oxygens (including phenoxy) is 1. The van der Waals surface area contributed by atoms with E-state index in [1.807, 2.05) is 20.8 Å². The van der Waals surface area contributed by atoms with Crippen molar-refractivity contribution in [1.82, 2.24) is 15.3 Å². The summed E-state index contributed by atoms with van der Waals surface area (Å²) in [6.07, 6.45) is 1.31. The zero-order chi connectivity index (χ0) is 16.0. The molecule has 8 heteroatoms. The summed E-state index contributed by atoms with van der Waals surface area (Å²) in [5.41, 5.74) is -0.201. The van der Waals surface area contributed by atoms with Crippen LogP contribution in [0.4, 0.5) is 5.82 Å². The van der Waals surface area contributed by atoms with Crippen LogP contribution in [0, 0.1) is 0 Å². The molecule has 0 atom stereocenters. The normalized spacial score (nSPS) is 10.9. The minimum absolute atomic E-state index is 0.0198. The Morgan fingerprint density at radius 1 is 1.38 bits per heavy atom. The number of anilines is 1. The van der Waals surface area contributed by atoms with Gasteiger partial charge >= 0.3 is 5.97 Å². The van der Waals surface area contributed by atoms with Gasteiger partial charge in [0, 0.05) is 11.7 Å². The minimum Gasteiger partial charge on any atom is -0.465 e. The first-order valence-corrected chi connectivity index (χ1v) is 6.85. The maximum atomic E-state index is 12.2. The van der Waals surface area contributed by atoms with Gasteiger partial charge in [-0.3, -0.25) is 9.59 Å². The number of esters is 1. The molecule has 0 aliphatic carbocycles. The summed E-state index contributed by atoms with van der Waals surface area (Å²) in [6.45, 7) is 7.44. The standard InChI is InChI=1S/C13H19ClN4O3/c1-5-21-9(19)7-15-10-8(6-16-12(14)17-10)11(20)18-13(2,3)4/h6H,5,7H2,1-4H3,(H,18,20)(H,15,16,17). The summed E-state index contributed by atoms with van der Waals surface area (Å²) in [6, 6.07) is 0. The fourth-order valence-corrected chi connectivity index (χ4v) is 1.57. The molecule has 0 aromatic carbocycles. The van der Waals surface area contributed by atoms with E-state index in [0.717, 1.165) is 0 Å². The molecular formula is C13H19ClN4O3. The van der Waals surface area contributed by atoms with E-state index < -0.39 is 11.5 Å². The molecule has 1 amide bonds. The summed E-state index contributed by atoms with van der Waals surface area (Å²) >= 11 is 5.72. The van der Waals surface area contributed by atoms with Gasteiger partial charge in [-0.1, -0.05) is 0 Å². The molecule has 1 aromatic heterocycles. The smallest absolute Gasteiger partial charge is 0.325 e. The number of halogens is 1. The number of hydrogen-bond acceptors (Lipinski definition) is 6. The molecule has 0 bridgehead atoms. The van der Waals surface area contributed by atoms with Gasteiger partial charge in [0.25, 0.3) is 5.91 Å². The zero-order valence-electron chi connectivity index (χ0n) is 12.5. The van der Waals surface area contributed by atoms with Crippen LogP contribution >= 0.6 is 11.6 Å². The lowest BCUT2D eigenvalue weighted by molar-refractivity contribution is -0.140. The molecule has 0 radical (unpaired) electrons. The third-order valence-electron chi connectivity index (χ3n) is 2.20. The highest BCUT2D eigenvalue weighted by molar-refractivity contribution is 6.28. The van der Waals surface area contributed by atoms with Crippen molar-refractivity contribution in [2.75, 3.05) is 18.5 Å². The van der Waals surface area contributed by atoms with Crippen LogP contribution in [0.5, 0.6) is 0 Å². The summed E-state index contributed by atoms with van der Waals surface area (Å²) in [4.78, 5) is 31.2. The van der Waals surface area contributed by atoms with E-state index in [-0.39, 0.29) is 35.7 Å². The number of hydrogen-bond donors (Lipinski definition) is 2. The molecule has 0 aliphatic heterocycles. The number of nitrogens with zero attached hydrogens (tertiary/aromatic N) is 2. The number of carbonyl (C=O) groups is 2. The monoisotopic (exact) mass is 314 g/mol. The molecule has 21 heavy (non-hydrogen) atoms. The predicted octanol–water partition coefficient (Wildman–Crippen LogP) is 1.63. The Balaban J connectivity index is 2.89. The summed E-state index contributed by atoms with van der Waals surface area (Å²) in [5, 5.41) is 5.50. The number of rotatable bonds is 5. The molecule has 2 N–H and O–H groups in total. The number of amides is 1. The highest BCUT2D eigenvalue weighted by Gasteiger charge is 2.20. The van der Waals surface area contributed by atoms with Gasteiger partial charge in [-0.15, -0.1) is 0 Å². The van der Waals surface area contributed by atoms with E-state index in [0.29, 0.717) is 0 Å². The average Bonchev–Trinajstić information content (AvgIpc) is 2.34. The van der Waals surface area contributed by atoms with Gasteiger partial charge in [-0.05, 0) is 39.3 Å². The van der Waals surface area contributed by atoms with Crippen LogP contribution in [0.3, 0.4) is 0 Å². The lowest BCUT2D eigenvalue weighted by Crippen LogP contribution is -2.41. The number of carbonyl (C=O) groups excluding carboxylic acids is 2. The summed E-state index contributed by atoms with van der Waals surface area (Å²) < 4.78 is 4.80. The molecule has 1 aromatic rings. The van der Waals surface area contributed by atoms with Crippen LogP contribution in [-0.2, 0) is 9.53 Å². The minimum atomic E-state index is -0.450. The molecule has 1 rings (SSSR count). The molecule has 0 fully saturated rings. The van der Waals surface area contributed by atoms with E-state index in [1.54, 1.807) is 6.92 Å². The number of aromatic nitrogens is 2. The quantitative estimate of drug-likeness (QED) is 0.634. The topological polar surface area (TPSA) is 93.2 Å². The number of nitrogens with one attached hydrogen (secondary N) is 2. The van der Waals surface area contributed by atoms with Crippen molar-refractivity contribution >= 4 is 29.3 Å². The van der Waals surface area contributed by atoms with Gasteiger partial charge in [-0.25, -0.2) is 4.98 Å². The van der Waals surface area contributed by atoms with Crippen LogP contribution in [0.15, 0.2) is 6.20 Å². The zero-order valence-corrected chi connectivity index (χ0v) is 13.2. The fourth-order valence-electron chi connectivity index (χ4n) is 1.44. The van der Waals surface area contributed by atoms with Crippen molar-refractivity contribution in [3.05, 3.63) is 17.0 Å². The second-order valence-corrected chi connectivity index (χ2v) is 5.60. The van der Waals surface area contributed by atoms with Crippen molar-refractivity contribution < 1.29 is 14.3 Å². The molecule has 0 unspecified atom stereocenters. The van der Waals surface area contributed by atoms with Crippen LogP contribution in [0.2, 0.25) is 5.28 Å². The molecule has 1 heterocycles. The van der Waals surface area contributed by atoms with Gasteiger partial charge in [0.2, 0.25) is 5.28 Å². The SMILES string of the molecule is CCOC(=O)CNc1nc(Cl)ncc1C(=O)NC(C)(C)C. The van der Waals surface area contributed by atoms with Crippen LogP contribution in [0.1, 0.15) is 38.1 Å². The van der Waals surface area contributed by atoms with E-state index in [2.05, 4.69) is 20.6 Å². The summed E-state index contributed by atoms with van der Waals surface area (Å²) in [5.74, 6) is -0.621. The molecule has 0 aliphatic rings. The van der Waals surface area contributed by atoms with E-state index in [4.69, 9.17) is 16.3 Å². The van der Waals surface area contributed by atoms with E-state index in [9.17, 15) is 9.59 Å². The Morgan fingerprint density at radius 2 is 2.05 bits per heavy atom. The maximum Gasteiger partial charge on any atom is 0.325 e. The second kappa shape index (κ2) is 7.21. The lowest BCUT2D eigenvalue weighted by Gasteiger charge is -2.21. The Hall–Kier alpha value is -1.89. The van der Waals surface area contributed by atoms with Crippen LogP contribution < -0.4 is 10.6 Å². The van der Waals surface area contributed by atoms with Crippen LogP contribution in [-0.4, -0.2) is 40.5 Å². The first-order chi connectivity index (χ1) is 9.73. The molecule has 116 valence electrons. The van der Waals surface area contributed by atoms with Crippen molar-refractivity contribution in [1.29, 1.82) is 0 Å². The van der Waals surface area contributed by atoms with Crippen molar-refractivity contribution in [3.8, 4) is 0 Å². The van der Waals surface area contributed by atoms with Gasteiger partial charge in [0.15, 0.2) is 0 Å². The molecule has 7 nitrogen and oxygen atoms in total. The lowest BCUT2D eigenvalue weighted by atomic mass is 10.1. The van der Waals surface area contributed by atoms with E-state index >= 15 is 0 Å². The largest absolute Gasteiger partial charge is 0.465 e. The first-order valence-electron chi connectivity index (χ1n) is 6.47. The highest BCUT2D eigenvalue weighted by Crippen LogP contribution is 2.15. The average molecular weight is 315 g/mol. The Kier molecular flexibility index (Phi) is 5.90. The Labute approximate surface area is 128 Å². The maximum absolute atomic E-state index is 12.2. The van der Waals surface area contributed by atoms with Gasteiger partial charge < -0.3 is 15.4 Å². The molecule has 0 saturated carbocycles. The van der Waals surface area contributed by atoms with Crippen molar-refractivity contribution in [2.24, 2.45) is 0 Å².